The van der Waals surface area contributed by atoms with Crippen molar-refractivity contribution >= 4 is 17.6 Å². The van der Waals surface area contributed by atoms with E-state index in [0.717, 1.165) is 58.0 Å². The summed E-state index contributed by atoms with van der Waals surface area (Å²) in [5.74, 6) is 0.114. The number of rotatable bonds is 22. The Hall–Kier alpha value is -1.55. The molecule has 194 valence electrons. The van der Waals surface area contributed by atoms with Gasteiger partial charge in [0.2, 0.25) is 11.8 Å². The number of nitrogens with one attached hydrogen (secondary N) is 6. The van der Waals surface area contributed by atoms with Gasteiger partial charge in [0.05, 0.1) is 0 Å². The largest absolute Gasteiger partial charge is 0.356 e. The molecule has 9 heteroatoms. The van der Waals surface area contributed by atoms with Crippen molar-refractivity contribution in [1.82, 2.24) is 31.9 Å². The maximum absolute atomic E-state index is 12.5. The lowest BCUT2D eigenvalue weighted by Gasteiger charge is -2.21. The molecule has 0 aromatic heterocycles. The van der Waals surface area contributed by atoms with Gasteiger partial charge in [-0.15, -0.1) is 0 Å². The van der Waals surface area contributed by atoms with Crippen molar-refractivity contribution in [2.45, 2.75) is 89.3 Å². The summed E-state index contributed by atoms with van der Waals surface area (Å²) < 4.78 is 0. The third-order valence-corrected chi connectivity index (χ3v) is 5.84. The Morgan fingerprint density at radius 3 is 1.61 bits per heavy atom. The van der Waals surface area contributed by atoms with Crippen molar-refractivity contribution in [3.05, 3.63) is 0 Å². The Morgan fingerprint density at radius 2 is 1.12 bits per heavy atom. The Labute approximate surface area is 201 Å². The second-order valence-electron chi connectivity index (χ2n) is 8.89. The standard InChI is InChI=1S/C24H50N6O3/c1-19(31)16-22(30-24(33)18-21(28-5)12-9-14-26-3)10-6-7-15-29-23(32)17-20(27-4)11-8-13-25-2/h20-22,25-28H,6-18H2,1-5H3,(H,29,32)(H,30,33). The van der Waals surface area contributed by atoms with Crippen molar-refractivity contribution in [2.24, 2.45) is 0 Å². The molecule has 3 atom stereocenters. The molecule has 9 nitrogen and oxygen atoms in total. The predicted octanol–water partition coefficient (Wildman–Crippen LogP) is 0.692. The lowest BCUT2D eigenvalue weighted by atomic mass is 10.0. The number of unbranched alkanes of at least 4 members (excludes halogenated alkanes) is 1. The van der Waals surface area contributed by atoms with Gasteiger partial charge in [0, 0.05) is 43.9 Å². The summed E-state index contributed by atoms with van der Waals surface area (Å²) in [5.41, 5.74) is 0. The van der Waals surface area contributed by atoms with E-state index in [9.17, 15) is 14.4 Å². The lowest BCUT2D eigenvalue weighted by molar-refractivity contribution is -0.123. The highest BCUT2D eigenvalue weighted by atomic mass is 16.2. The first-order valence-electron chi connectivity index (χ1n) is 12.5. The molecule has 0 spiro atoms. The van der Waals surface area contributed by atoms with Crippen LogP contribution >= 0.6 is 0 Å². The maximum atomic E-state index is 12.5. The topological polar surface area (TPSA) is 123 Å². The Balaban J connectivity index is 4.27. The minimum atomic E-state index is -0.152. The summed E-state index contributed by atoms with van der Waals surface area (Å²) in [6.07, 6.45) is 7.54. The minimum absolute atomic E-state index is 0.0188. The van der Waals surface area contributed by atoms with E-state index in [1.54, 1.807) is 6.92 Å². The van der Waals surface area contributed by atoms with Crippen LogP contribution in [0.3, 0.4) is 0 Å². The number of hydrogen-bond acceptors (Lipinski definition) is 7. The van der Waals surface area contributed by atoms with Crippen LogP contribution in [-0.4, -0.2) is 83.5 Å². The third-order valence-electron chi connectivity index (χ3n) is 5.84. The monoisotopic (exact) mass is 470 g/mol. The molecule has 6 N–H and O–H groups in total. The summed E-state index contributed by atoms with van der Waals surface area (Å²) in [6, 6.07) is 0.167. The van der Waals surface area contributed by atoms with E-state index in [0.29, 0.717) is 25.8 Å². The molecule has 0 aromatic carbocycles. The third kappa shape index (κ3) is 18.6. The molecule has 33 heavy (non-hydrogen) atoms. The van der Waals surface area contributed by atoms with E-state index < -0.39 is 0 Å². The van der Waals surface area contributed by atoms with Crippen molar-refractivity contribution < 1.29 is 14.4 Å². The Kier molecular flexibility index (Phi) is 20.0. The van der Waals surface area contributed by atoms with Crippen LogP contribution in [0, 0.1) is 0 Å². The van der Waals surface area contributed by atoms with Crippen LogP contribution in [0.4, 0.5) is 0 Å². The molecule has 0 aromatic rings. The van der Waals surface area contributed by atoms with Gasteiger partial charge < -0.3 is 31.9 Å². The van der Waals surface area contributed by atoms with Gasteiger partial charge in [0.25, 0.3) is 0 Å². The molecule has 0 aliphatic rings. The SMILES string of the molecule is CNCCCC(CC(=O)NCCCCC(CC(C)=O)NC(=O)CC(CCCNC)NC)NC. The molecular formula is C24H50N6O3. The number of Topliss-reactive ketones (excluding diaryl/α,β-unsaturated/α-hetero) is 1. The van der Waals surface area contributed by atoms with E-state index in [1.807, 2.05) is 28.2 Å². The fourth-order valence-electron chi connectivity index (χ4n) is 3.87. The molecule has 0 fully saturated rings. The Morgan fingerprint density at radius 1 is 0.606 bits per heavy atom. The maximum Gasteiger partial charge on any atom is 0.221 e. The molecule has 0 heterocycles. The zero-order valence-corrected chi connectivity index (χ0v) is 21.6. The highest BCUT2D eigenvalue weighted by molar-refractivity contribution is 5.79. The van der Waals surface area contributed by atoms with E-state index in [-0.39, 0.29) is 35.7 Å². The summed E-state index contributed by atoms with van der Waals surface area (Å²) in [6.45, 7) is 4.04. The molecule has 0 rings (SSSR count). The van der Waals surface area contributed by atoms with Gasteiger partial charge in [0.1, 0.15) is 5.78 Å². The number of carbonyl (C=O) groups is 3. The number of ketones is 1. The van der Waals surface area contributed by atoms with Gasteiger partial charge in [-0.25, -0.2) is 0 Å². The molecule has 0 saturated carbocycles. The zero-order chi connectivity index (χ0) is 24.9. The summed E-state index contributed by atoms with van der Waals surface area (Å²) >= 11 is 0. The highest BCUT2D eigenvalue weighted by Gasteiger charge is 2.17. The molecular weight excluding hydrogens is 420 g/mol. The number of amides is 2. The van der Waals surface area contributed by atoms with Crippen LogP contribution in [-0.2, 0) is 14.4 Å². The van der Waals surface area contributed by atoms with Crippen molar-refractivity contribution in [1.29, 1.82) is 0 Å². The predicted molar refractivity (Wildman–Crippen MR) is 135 cm³/mol. The minimum Gasteiger partial charge on any atom is -0.356 e. The quantitative estimate of drug-likeness (QED) is 0.129. The van der Waals surface area contributed by atoms with Crippen molar-refractivity contribution in [2.75, 3.05) is 47.8 Å². The molecule has 0 aliphatic heterocycles. The number of hydrogen-bond donors (Lipinski definition) is 6. The zero-order valence-electron chi connectivity index (χ0n) is 21.6. The van der Waals surface area contributed by atoms with Crippen LogP contribution in [0.15, 0.2) is 0 Å². The van der Waals surface area contributed by atoms with E-state index >= 15 is 0 Å². The van der Waals surface area contributed by atoms with Gasteiger partial charge in [-0.1, -0.05) is 0 Å². The molecule has 3 unspecified atom stereocenters. The second kappa shape index (κ2) is 21.0. The highest BCUT2D eigenvalue weighted by Crippen LogP contribution is 2.08. The van der Waals surface area contributed by atoms with E-state index in [2.05, 4.69) is 31.9 Å². The fourth-order valence-corrected chi connectivity index (χ4v) is 3.87. The normalized spacial score (nSPS) is 13.8. The summed E-state index contributed by atoms with van der Waals surface area (Å²) in [4.78, 5) is 36.3. The van der Waals surface area contributed by atoms with Crippen molar-refractivity contribution in [3.63, 3.8) is 0 Å². The smallest absolute Gasteiger partial charge is 0.221 e. The van der Waals surface area contributed by atoms with E-state index in [1.165, 1.54) is 0 Å². The van der Waals surface area contributed by atoms with Gasteiger partial charge >= 0.3 is 0 Å². The van der Waals surface area contributed by atoms with E-state index in [4.69, 9.17) is 0 Å². The lowest BCUT2D eigenvalue weighted by Crippen LogP contribution is -2.40. The average Bonchev–Trinajstić information content (AvgIpc) is 2.77. The fraction of sp³-hybridized carbons (Fsp3) is 0.875. The molecule has 2 amide bonds. The second-order valence-corrected chi connectivity index (χ2v) is 8.89. The van der Waals surface area contributed by atoms with Crippen LogP contribution < -0.4 is 31.9 Å². The first-order chi connectivity index (χ1) is 15.9. The molecule has 0 bridgehead atoms. The first kappa shape index (κ1) is 31.4. The van der Waals surface area contributed by atoms with Gasteiger partial charge in [-0.2, -0.15) is 0 Å². The molecule has 0 aliphatic carbocycles. The first-order valence-corrected chi connectivity index (χ1v) is 12.5. The number of carbonyl (C=O) groups excluding carboxylic acids is 3. The van der Waals surface area contributed by atoms with Crippen LogP contribution in [0.25, 0.3) is 0 Å². The van der Waals surface area contributed by atoms with Crippen molar-refractivity contribution in [3.8, 4) is 0 Å². The summed E-state index contributed by atoms with van der Waals surface area (Å²) in [7, 11) is 7.62. The average molecular weight is 471 g/mol. The molecule has 0 radical (unpaired) electrons. The summed E-state index contributed by atoms with van der Waals surface area (Å²) in [5, 5.41) is 18.7. The van der Waals surface area contributed by atoms with Crippen LogP contribution in [0.2, 0.25) is 0 Å². The van der Waals surface area contributed by atoms with Crippen LogP contribution in [0.5, 0.6) is 0 Å². The van der Waals surface area contributed by atoms with Gasteiger partial charge in [-0.3, -0.25) is 14.4 Å². The Bertz CT molecular complexity index is 532. The molecule has 0 saturated heterocycles. The van der Waals surface area contributed by atoms with Crippen LogP contribution in [0.1, 0.15) is 71.1 Å². The van der Waals surface area contributed by atoms with Gasteiger partial charge in [-0.05, 0) is 93.1 Å². The van der Waals surface area contributed by atoms with Gasteiger partial charge in [0.15, 0.2) is 0 Å².